The molecule has 1 N–H and O–H groups in total. The molecule has 0 spiro atoms. The minimum absolute atomic E-state index is 0.0617. The lowest BCUT2D eigenvalue weighted by atomic mass is 10.2. The fourth-order valence-corrected chi connectivity index (χ4v) is 4.36. The zero-order valence-corrected chi connectivity index (χ0v) is 19.6. The number of hydrogen-bond donors (Lipinski definition) is 1. The van der Waals surface area contributed by atoms with Crippen molar-refractivity contribution < 1.29 is 13.9 Å². The molecule has 1 atom stereocenters. The number of nitrogens with one attached hydrogen (secondary N) is 1. The van der Waals surface area contributed by atoms with E-state index in [2.05, 4.69) is 25.7 Å². The van der Waals surface area contributed by atoms with E-state index in [1.807, 2.05) is 39.2 Å². The number of nitrogens with zero attached hydrogens (tertiary/aromatic N) is 5. The molecule has 2 heterocycles. The fraction of sp³-hybridized carbons (Fsp3) is 0.450. The minimum atomic E-state index is -0.403. The van der Waals surface area contributed by atoms with Gasteiger partial charge in [-0.2, -0.15) is 0 Å². The quantitative estimate of drug-likeness (QED) is 0.453. The van der Waals surface area contributed by atoms with Crippen LogP contribution in [0.3, 0.4) is 0 Å². The number of thioether (sulfide) groups is 1. The van der Waals surface area contributed by atoms with Crippen LogP contribution in [0.2, 0.25) is 0 Å². The van der Waals surface area contributed by atoms with E-state index < -0.39 is 6.10 Å². The first-order chi connectivity index (χ1) is 14.7. The highest BCUT2D eigenvalue weighted by molar-refractivity contribution is 7.99. The molecule has 1 aromatic carbocycles. The van der Waals surface area contributed by atoms with Crippen molar-refractivity contribution in [2.24, 2.45) is 0 Å². The molecular weight excluding hydrogens is 439 g/mol. The van der Waals surface area contributed by atoms with E-state index >= 15 is 0 Å². The van der Waals surface area contributed by atoms with E-state index in [-0.39, 0.29) is 29.4 Å². The van der Waals surface area contributed by atoms with Gasteiger partial charge in [-0.15, -0.1) is 20.4 Å². The summed E-state index contributed by atoms with van der Waals surface area (Å²) < 4.78 is 21.0. The Balaban J connectivity index is 1.65. The minimum Gasteiger partial charge on any atom is -0.483 e. The largest absolute Gasteiger partial charge is 0.483 e. The summed E-state index contributed by atoms with van der Waals surface area (Å²) in [5.74, 6) is 1.09. The Hall–Kier alpha value is -2.53. The fourth-order valence-electron chi connectivity index (χ4n) is 2.72. The van der Waals surface area contributed by atoms with Gasteiger partial charge in [-0.1, -0.05) is 36.9 Å². The van der Waals surface area contributed by atoms with E-state index in [9.17, 15) is 9.18 Å². The van der Waals surface area contributed by atoms with Crippen molar-refractivity contribution in [3.63, 3.8) is 0 Å². The van der Waals surface area contributed by atoms with Gasteiger partial charge in [-0.25, -0.2) is 4.39 Å². The number of rotatable bonds is 9. The Morgan fingerprint density at radius 3 is 2.45 bits per heavy atom. The molecule has 0 aliphatic carbocycles. The summed E-state index contributed by atoms with van der Waals surface area (Å²) in [5, 5.41) is 21.4. The van der Waals surface area contributed by atoms with Crippen LogP contribution in [0, 0.1) is 5.82 Å². The van der Waals surface area contributed by atoms with Crippen LogP contribution in [0.4, 0.5) is 9.52 Å². The summed E-state index contributed by atoms with van der Waals surface area (Å²) >= 11 is 2.66. The molecule has 11 heteroatoms. The number of carbonyl (C=O) groups is 1. The Labute approximate surface area is 188 Å². The second-order valence-corrected chi connectivity index (χ2v) is 9.41. The van der Waals surface area contributed by atoms with Crippen molar-refractivity contribution in [3.8, 4) is 5.75 Å². The van der Waals surface area contributed by atoms with Gasteiger partial charge in [0.05, 0.1) is 5.75 Å². The van der Waals surface area contributed by atoms with Gasteiger partial charge in [0.2, 0.25) is 11.0 Å². The average Bonchev–Trinajstić information content (AvgIpc) is 3.35. The van der Waals surface area contributed by atoms with Gasteiger partial charge >= 0.3 is 0 Å². The maximum Gasteiger partial charge on any atom is 0.236 e. The third-order valence-electron chi connectivity index (χ3n) is 4.21. The molecule has 0 bridgehead atoms. The molecule has 3 aromatic rings. The molecule has 0 aliphatic rings. The molecule has 0 radical (unpaired) electrons. The molecule has 0 saturated carbocycles. The van der Waals surface area contributed by atoms with Crippen LogP contribution in [-0.4, -0.2) is 36.6 Å². The van der Waals surface area contributed by atoms with E-state index in [1.165, 1.54) is 35.2 Å². The Morgan fingerprint density at radius 2 is 1.84 bits per heavy atom. The summed E-state index contributed by atoms with van der Waals surface area (Å²) in [6, 6.07) is 5.89. The molecule has 31 heavy (non-hydrogen) atoms. The number of anilines is 1. The number of amides is 1. The van der Waals surface area contributed by atoms with Gasteiger partial charge in [0.15, 0.2) is 17.1 Å². The van der Waals surface area contributed by atoms with Crippen LogP contribution < -0.4 is 10.1 Å². The molecule has 1 amide bonds. The van der Waals surface area contributed by atoms with Gasteiger partial charge in [0.1, 0.15) is 16.6 Å². The molecule has 166 valence electrons. The van der Waals surface area contributed by atoms with Crippen LogP contribution in [-0.2, 0) is 4.79 Å². The summed E-state index contributed by atoms with van der Waals surface area (Å²) in [6.07, 6.45) is -0.403. The predicted molar refractivity (Wildman–Crippen MR) is 119 cm³/mol. The topological polar surface area (TPSA) is 94.8 Å². The van der Waals surface area contributed by atoms with Gasteiger partial charge in [-0.3, -0.25) is 10.1 Å². The molecule has 2 aromatic heterocycles. The van der Waals surface area contributed by atoms with Gasteiger partial charge in [-0.05, 0) is 45.0 Å². The number of aromatic nitrogens is 5. The molecule has 3 rings (SSSR count). The maximum atomic E-state index is 13.1. The monoisotopic (exact) mass is 464 g/mol. The Bertz CT molecular complexity index is 1020. The van der Waals surface area contributed by atoms with Gasteiger partial charge in [0.25, 0.3) is 0 Å². The lowest BCUT2D eigenvalue weighted by Gasteiger charge is -2.18. The lowest BCUT2D eigenvalue weighted by molar-refractivity contribution is -0.113. The number of carbonyl (C=O) groups excluding carboxylic acids is 1. The zero-order chi connectivity index (χ0) is 22.5. The molecule has 1 unspecified atom stereocenters. The van der Waals surface area contributed by atoms with E-state index in [1.54, 1.807) is 12.1 Å². The first-order valence-electron chi connectivity index (χ1n) is 9.87. The summed E-state index contributed by atoms with van der Waals surface area (Å²) in [7, 11) is 0. The van der Waals surface area contributed by atoms with E-state index in [4.69, 9.17) is 4.74 Å². The Morgan fingerprint density at radius 1 is 1.13 bits per heavy atom. The average molecular weight is 465 g/mol. The zero-order valence-electron chi connectivity index (χ0n) is 18.0. The second-order valence-electron chi connectivity index (χ2n) is 7.46. The van der Waals surface area contributed by atoms with E-state index in [0.717, 1.165) is 5.01 Å². The predicted octanol–water partition coefficient (Wildman–Crippen LogP) is 4.84. The maximum absolute atomic E-state index is 13.1. The number of halogens is 1. The van der Waals surface area contributed by atoms with Crippen molar-refractivity contribution in [3.05, 3.63) is 40.9 Å². The summed E-state index contributed by atoms with van der Waals surface area (Å²) in [5.41, 5.74) is 0. The smallest absolute Gasteiger partial charge is 0.236 e. The van der Waals surface area contributed by atoms with Crippen LogP contribution in [0.1, 0.15) is 63.5 Å². The first kappa shape index (κ1) is 23.1. The van der Waals surface area contributed by atoms with Crippen molar-refractivity contribution in [1.82, 2.24) is 25.0 Å². The molecule has 8 nitrogen and oxygen atoms in total. The third-order valence-corrected chi connectivity index (χ3v) is 6.29. The second kappa shape index (κ2) is 10.2. The Kier molecular flexibility index (Phi) is 7.60. The highest BCUT2D eigenvalue weighted by Crippen LogP contribution is 2.28. The lowest BCUT2D eigenvalue weighted by Crippen LogP contribution is -2.16. The highest BCUT2D eigenvalue weighted by atomic mass is 32.2. The number of benzene rings is 1. The number of hydrogen-bond acceptors (Lipinski definition) is 8. The van der Waals surface area contributed by atoms with Crippen LogP contribution >= 0.6 is 23.1 Å². The van der Waals surface area contributed by atoms with Crippen molar-refractivity contribution in [1.29, 1.82) is 0 Å². The highest BCUT2D eigenvalue weighted by Gasteiger charge is 2.22. The van der Waals surface area contributed by atoms with Crippen molar-refractivity contribution in [2.45, 2.75) is 57.8 Å². The number of ether oxygens (including phenoxy) is 1. The van der Waals surface area contributed by atoms with Crippen molar-refractivity contribution >= 4 is 34.1 Å². The summed E-state index contributed by atoms with van der Waals surface area (Å²) in [6.45, 7) is 9.93. The van der Waals surface area contributed by atoms with Gasteiger partial charge < -0.3 is 9.30 Å². The standard InChI is InChI=1S/C20H25FN6O2S2/c1-11(2)18-24-25-19(31-18)22-16(28)10-30-20-26-23-17(27(20)12(3)4)13(5)29-15-8-6-14(21)7-9-15/h6-9,11-13H,10H2,1-5H3,(H,22,25,28). The van der Waals surface area contributed by atoms with Crippen LogP contribution in [0.25, 0.3) is 0 Å². The first-order valence-corrected chi connectivity index (χ1v) is 11.7. The SMILES string of the molecule is CC(C)c1nnc(NC(=O)CSc2nnc(C(C)Oc3ccc(F)cc3)n2C(C)C)s1. The third kappa shape index (κ3) is 6.01. The molecule has 0 fully saturated rings. The summed E-state index contributed by atoms with van der Waals surface area (Å²) in [4.78, 5) is 12.3. The molecular formula is C20H25FN6O2S2. The van der Waals surface area contributed by atoms with E-state index in [0.29, 0.717) is 21.9 Å². The normalized spacial score (nSPS) is 12.4. The van der Waals surface area contributed by atoms with Crippen molar-refractivity contribution in [2.75, 3.05) is 11.1 Å². The molecule has 0 saturated heterocycles. The van der Waals surface area contributed by atoms with Crippen LogP contribution in [0.15, 0.2) is 29.4 Å². The van der Waals surface area contributed by atoms with Crippen LogP contribution in [0.5, 0.6) is 5.75 Å². The van der Waals surface area contributed by atoms with Gasteiger partial charge in [0, 0.05) is 12.0 Å². The molecule has 0 aliphatic heterocycles.